The van der Waals surface area contributed by atoms with Crippen LogP contribution in [0.2, 0.25) is 5.15 Å². The fraction of sp³-hybridized carbons (Fsp3) is 0.533. The number of rotatable bonds is 20. The van der Waals surface area contributed by atoms with Crippen molar-refractivity contribution in [2.24, 2.45) is 22.7 Å². The molecule has 22 nitrogen and oxygen atoms in total. The van der Waals surface area contributed by atoms with Crippen LogP contribution < -0.4 is 39.8 Å². The molecule has 2 amide bonds. The molecule has 2 atom stereocenters. The van der Waals surface area contributed by atoms with Crippen LogP contribution in [0, 0.1) is 22.7 Å². The average Bonchev–Trinajstić information content (AvgIpc) is 2.55. The molecule has 4 bridgehead atoms. The first-order chi connectivity index (χ1) is 40.4. The van der Waals surface area contributed by atoms with E-state index in [1.807, 2.05) is 4.72 Å². The minimum Gasteiger partial charge on any atom is -0.477 e. The molecule has 9 heterocycles. The Morgan fingerprint density at radius 1 is 0.788 bits per heavy atom. The smallest absolute Gasteiger partial charge is 0.281 e. The van der Waals surface area contributed by atoms with E-state index >= 15 is 0 Å². The zero-order valence-corrected chi connectivity index (χ0v) is 51.8. The molecule has 0 aromatic carbocycles. The second-order valence-electron chi connectivity index (χ2n) is 25.3. The van der Waals surface area contributed by atoms with Crippen molar-refractivity contribution in [3.63, 3.8) is 0 Å². The van der Waals surface area contributed by atoms with E-state index in [4.69, 9.17) is 26.1 Å². The maximum atomic E-state index is 13.6. The van der Waals surface area contributed by atoms with Crippen molar-refractivity contribution in [3.05, 3.63) is 101 Å². The number of nitrogens with one attached hydrogen (secondary N) is 5. The van der Waals surface area contributed by atoms with Crippen molar-refractivity contribution in [2.45, 2.75) is 153 Å². The number of sulfonamides is 2. The molecule has 4 fully saturated rings. The van der Waals surface area contributed by atoms with Crippen molar-refractivity contribution < 1.29 is 35.9 Å². The van der Waals surface area contributed by atoms with E-state index in [0.717, 1.165) is 70.8 Å². The standard InChI is InChI=1S/C30H40ClN7O4S.C30H39N7O4S/c1-29(2)19-21(20-33-29)7-5-16-32-23-8-4-9-26(34-23)43(40,41)37-28(39)22-10-11-24(35-27(22)31)38-17-12-25(36-38)42-18-6-13-30(3)14-15-30;1-29(2)19-21-7-5-16-31-23-8-4-9-26(32-23)42(39,40)35-28(38)22-10-11-24(33-27(22)36(29)20-21)37-17-12-25(34-37)41-18-6-13-30(3)14-15-30/h4,8-12,17,21,33H,5-7,13-16,18-20H2,1-3H3,(H,32,34)(H,37,39);4,8-12,17,21H,5-7,13-16,18-20H2,1-3H3,(H,31,32)(H,35,38)/t;21-/m.1/s1. The third-order valence-electron chi connectivity index (χ3n) is 16.9. The summed E-state index contributed by atoms with van der Waals surface area (Å²) in [5.41, 5.74) is 0.950. The van der Waals surface area contributed by atoms with Gasteiger partial charge in [-0.1, -0.05) is 37.6 Å². The zero-order valence-electron chi connectivity index (χ0n) is 49.4. The monoisotopic (exact) mass is 1220 g/mol. The highest BCUT2D eigenvalue weighted by Crippen LogP contribution is 2.49. The summed E-state index contributed by atoms with van der Waals surface area (Å²) in [5, 5.41) is 18.2. The lowest BCUT2D eigenvalue weighted by Gasteiger charge is -2.34. The minimum absolute atomic E-state index is 0.0925. The number of pyridine rings is 4. The molecule has 1 unspecified atom stereocenters. The van der Waals surface area contributed by atoms with E-state index in [9.17, 15) is 26.4 Å². The first-order valence-electron chi connectivity index (χ1n) is 29.6. The van der Waals surface area contributed by atoms with Crippen LogP contribution in [0.25, 0.3) is 11.6 Å². The van der Waals surface area contributed by atoms with Crippen LogP contribution in [0.4, 0.5) is 17.5 Å². The minimum atomic E-state index is -4.26. The van der Waals surface area contributed by atoms with E-state index < -0.39 is 31.9 Å². The number of carbonyl (C=O) groups is 2. The van der Waals surface area contributed by atoms with Gasteiger partial charge in [-0.3, -0.25) is 9.59 Å². The Morgan fingerprint density at radius 2 is 1.45 bits per heavy atom. The Kier molecular flexibility index (Phi) is 18.2. The molecule has 11 rings (SSSR count). The summed E-state index contributed by atoms with van der Waals surface area (Å²) >= 11 is 6.30. The largest absolute Gasteiger partial charge is 0.477 e. The van der Waals surface area contributed by atoms with E-state index in [2.05, 4.69) is 92.3 Å². The number of halogens is 1. The van der Waals surface area contributed by atoms with Crippen LogP contribution in [0.3, 0.4) is 0 Å². The van der Waals surface area contributed by atoms with Crippen molar-refractivity contribution in [3.8, 4) is 23.4 Å². The Labute approximate surface area is 503 Å². The van der Waals surface area contributed by atoms with Crippen molar-refractivity contribution in [2.75, 3.05) is 54.9 Å². The van der Waals surface area contributed by atoms with E-state index in [1.54, 1.807) is 65.6 Å². The molecule has 5 aliphatic rings. The molecule has 85 heavy (non-hydrogen) atoms. The molecular formula is C60H79ClN14O8S2. The van der Waals surface area contributed by atoms with Crippen LogP contribution in [-0.2, 0) is 20.0 Å². The molecule has 6 aromatic rings. The van der Waals surface area contributed by atoms with Crippen LogP contribution in [0.1, 0.15) is 152 Å². The Bertz CT molecular complexity index is 3600. The Morgan fingerprint density at radius 3 is 2.09 bits per heavy atom. The van der Waals surface area contributed by atoms with Gasteiger partial charge in [0.25, 0.3) is 31.9 Å². The SMILES string of the molecule is CC1(CCCOc2ccn(-c3ccc(C(=O)NS(=O)(=O)c4cccc(NCCCC5CNC(C)(C)C5)n4)c(Cl)n3)n2)CC1.CC1(CCCOc2ccn(-c3ccc4c(n3)N3C[C@H](CCCNc5cccc(n5)S(=O)(=O)NC4=O)CC3(C)C)n2)CC1. The molecule has 5 N–H and O–H groups in total. The quantitative estimate of drug-likeness (QED) is 0.0351. The molecule has 2 aliphatic carbocycles. The summed E-state index contributed by atoms with van der Waals surface area (Å²) in [5.74, 6) is 2.51. The van der Waals surface area contributed by atoms with Crippen LogP contribution in [0.15, 0.2) is 95.2 Å². The number of fused-ring (bicyclic) bond motifs is 6. The summed E-state index contributed by atoms with van der Waals surface area (Å²) < 4.78 is 71.3. The lowest BCUT2D eigenvalue weighted by atomic mass is 9.93. The lowest BCUT2D eigenvalue weighted by Crippen LogP contribution is -2.41. The van der Waals surface area contributed by atoms with Gasteiger partial charge < -0.3 is 30.3 Å². The van der Waals surface area contributed by atoms with E-state index in [0.29, 0.717) is 96.4 Å². The highest BCUT2D eigenvalue weighted by Gasteiger charge is 2.42. The van der Waals surface area contributed by atoms with Gasteiger partial charge in [0.1, 0.15) is 22.6 Å². The molecular weight excluding hydrogens is 1140 g/mol. The summed E-state index contributed by atoms with van der Waals surface area (Å²) in [7, 11) is -8.48. The number of carbonyl (C=O) groups excluding carboxylic acids is 2. The topological polar surface area (TPSA) is 271 Å². The lowest BCUT2D eigenvalue weighted by molar-refractivity contribution is 0.0972. The van der Waals surface area contributed by atoms with Crippen LogP contribution in [-0.4, -0.2) is 119 Å². The first-order valence-corrected chi connectivity index (χ1v) is 32.9. The number of hydrogen-bond acceptors (Lipinski definition) is 18. The Balaban J connectivity index is 0.000000189. The van der Waals surface area contributed by atoms with Gasteiger partial charge in [0.15, 0.2) is 21.7 Å². The van der Waals surface area contributed by atoms with Gasteiger partial charge in [0, 0.05) is 55.2 Å². The first kappa shape index (κ1) is 61.2. The third-order valence-corrected chi connectivity index (χ3v) is 19.6. The van der Waals surface area contributed by atoms with Crippen molar-refractivity contribution in [1.82, 2.24) is 54.3 Å². The fourth-order valence-electron chi connectivity index (χ4n) is 11.4. The highest BCUT2D eigenvalue weighted by molar-refractivity contribution is 7.90. The summed E-state index contributed by atoms with van der Waals surface area (Å²) in [4.78, 5) is 46.2. The summed E-state index contributed by atoms with van der Waals surface area (Å²) in [6.45, 7) is 17.5. The van der Waals surface area contributed by atoms with Gasteiger partial charge in [-0.25, -0.2) is 38.7 Å². The number of ether oxygens (including phenoxy) is 2. The van der Waals surface area contributed by atoms with Gasteiger partial charge in [-0.15, -0.1) is 10.2 Å². The van der Waals surface area contributed by atoms with E-state index in [-0.39, 0.29) is 37.4 Å². The van der Waals surface area contributed by atoms with Crippen LogP contribution in [0.5, 0.6) is 11.8 Å². The molecule has 456 valence electrons. The molecule has 2 saturated carbocycles. The van der Waals surface area contributed by atoms with Gasteiger partial charge in [-0.2, -0.15) is 16.8 Å². The molecule has 0 spiro atoms. The molecule has 6 aromatic heterocycles. The predicted octanol–water partition coefficient (Wildman–Crippen LogP) is 9.52. The Hall–Kier alpha value is -6.89. The van der Waals surface area contributed by atoms with E-state index in [1.165, 1.54) is 54.6 Å². The molecule has 3 aliphatic heterocycles. The highest BCUT2D eigenvalue weighted by atomic mass is 35.5. The van der Waals surface area contributed by atoms with Gasteiger partial charge in [0.05, 0.1) is 24.3 Å². The zero-order chi connectivity index (χ0) is 60.2. The number of aromatic nitrogens is 8. The normalized spacial score (nSPS) is 20.5. The third kappa shape index (κ3) is 16.0. The van der Waals surface area contributed by atoms with Crippen molar-refractivity contribution >= 4 is 60.9 Å². The fourth-order valence-corrected chi connectivity index (χ4v) is 13.5. The van der Waals surface area contributed by atoms with Gasteiger partial charge in [-0.05, 0) is 195 Å². The number of anilines is 3. The molecule has 25 heteroatoms. The van der Waals surface area contributed by atoms with Crippen LogP contribution >= 0.6 is 11.6 Å². The predicted molar refractivity (Wildman–Crippen MR) is 325 cm³/mol. The maximum Gasteiger partial charge on any atom is 0.281 e. The number of nitrogens with zero attached hydrogens (tertiary/aromatic N) is 9. The summed E-state index contributed by atoms with van der Waals surface area (Å²) in [6, 6.07) is 19.1. The van der Waals surface area contributed by atoms with Gasteiger partial charge >= 0.3 is 0 Å². The second-order valence-corrected chi connectivity index (χ2v) is 28.9. The number of hydrogen-bond donors (Lipinski definition) is 5. The summed E-state index contributed by atoms with van der Waals surface area (Å²) in [6.07, 6.45) is 18.8. The maximum absolute atomic E-state index is 13.6. The van der Waals surface area contributed by atoms with Gasteiger partial charge in [0.2, 0.25) is 11.8 Å². The average molecular weight is 1220 g/mol. The molecule has 2 saturated heterocycles. The molecule has 0 radical (unpaired) electrons. The van der Waals surface area contributed by atoms with Crippen molar-refractivity contribution in [1.29, 1.82) is 0 Å². The number of amides is 2. The second kappa shape index (κ2) is 25.2.